The maximum Gasteiger partial charge on any atom is 0.470 e. The molecular formula is C12H16F3N3O3. The molecule has 1 aromatic rings. The van der Waals surface area contributed by atoms with E-state index in [0.717, 1.165) is 13.1 Å². The van der Waals surface area contributed by atoms with E-state index in [4.69, 9.17) is 13.9 Å². The lowest BCUT2D eigenvalue weighted by Gasteiger charge is -2.31. The van der Waals surface area contributed by atoms with Gasteiger partial charge < -0.3 is 13.9 Å². The second-order valence-electron chi connectivity index (χ2n) is 5.19. The summed E-state index contributed by atoms with van der Waals surface area (Å²) in [5, 5.41) is 6.60. The van der Waals surface area contributed by atoms with Gasteiger partial charge in [-0.05, 0) is 25.9 Å². The summed E-state index contributed by atoms with van der Waals surface area (Å²) >= 11 is 0. The van der Waals surface area contributed by atoms with Crippen molar-refractivity contribution in [2.45, 2.75) is 31.2 Å². The topological polar surface area (TPSA) is 60.6 Å². The number of alkyl halides is 3. The third-order valence-electron chi connectivity index (χ3n) is 3.72. The lowest BCUT2D eigenvalue weighted by atomic mass is 9.97. The quantitative estimate of drug-likeness (QED) is 0.846. The van der Waals surface area contributed by atoms with E-state index in [-0.39, 0.29) is 18.1 Å². The number of hydrogen-bond donors (Lipinski definition) is 0. The Kier molecular flexibility index (Phi) is 4.14. The maximum absolute atomic E-state index is 12.4. The molecule has 0 aliphatic carbocycles. The van der Waals surface area contributed by atoms with Crippen molar-refractivity contribution >= 4 is 0 Å². The highest BCUT2D eigenvalue weighted by molar-refractivity contribution is 4.96. The van der Waals surface area contributed by atoms with Crippen molar-refractivity contribution in [1.29, 1.82) is 0 Å². The average molecular weight is 307 g/mol. The average Bonchev–Trinajstić information content (AvgIpc) is 3.09. The molecule has 2 aliphatic rings. The van der Waals surface area contributed by atoms with Gasteiger partial charge in [-0.25, -0.2) is 0 Å². The molecule has 2 aliphatic heterocycles. The fourth-order valence-corrected chi connectivity index (χ4v) is 2.60. The first-order valence-corrected chi connectivity index (χ1v) is 6.88. The van der Waals surface area contributed by atoms with Crippen molar-refractivity contribution in [2.24, 2.45) is 0 Å². The van der Waals surface area contributed by atoms with Gasteiger partial charge in [-0.15, -0.1) is 10.2 Å². The molecule has 0 atom stereocenters. The molecule has 2 fully saturated rings. The Hall–Kier alpha value is -1.19. The van der Waals surface area contributed by atoms with Crippen molar-refractivity contribution in [3.8, 4) is 0 Å². The molecule has 21 heavy (non-hydrogen) atoms. The van der Waals surface area contributed by atoms with Crippen molar-refractivity contribution in [2.75, 3.05) is 32.8 Å². The van der Waals surface area contributed by atoms with Crippen molar-refractivity contribution in [3.63, 3.8) is 0 Å². The van der Waals surface area contributed by atoms with E-state index in [1.807, 2.05) is 0 Å². The molecule has 0 radical (unpaired) electrons. The minimum absolute atomic E-state index is 0.0790. The summed E-state index contributed by atoms with van der Waals surface area (Å²) in [6.07, 6.45) is -3.40. The Morgan fingerprint density at radius 2 is 1.76 bits per heavy atom. The molecule has 0 unspecified atom stereocenters. The molecule has 9 heteroatoms. The fraction of sp³-hybridized carbons (Fsp3) is 0.833. The number of aromatic nitrogens is 2. The number of nitrogens with zero attached hydrogens (tertiary/aromatic N) is 3. The lowest BCUT2D eigenvalue weighted by molar-refractivity contribution is -0.157. The summed E-state index contributed by atoms with van der Waals surface area (Å²) in [4.78, 5) is 2.17. The molecule has 0 aromatic carbocycles. The van der Waals surface area contributed by atoms with Crippen LogP contribution in [0.5, 0.6) is 0 Å². The van der Waals surface area contributed by atoms with Crippen molar-refractivity contribution in [3.05, 3.63) is 11.8 Å². The van der Waals surface area contributed by atoms with Crippen LogP contribution in [0.4, 0.5) is 13.2 Å². The van der Waals surface area contributed by atoms with Crippen LogP contribution < -0.4 is 0 Å². The third-order valence-corrected chi connectivity index (χ3v) is 3.72. The third kappa shape index (κ3) is 3.53. The molecule has 0 spiro atoms. The lowest BCUT2D eigenvalue weighted by Crippen LogP contribution is -2.38. The van der Waals surface area contributed by atoms with Gasteiger partial charge in [0.25, 0.3) is 0 Å². The highest BCUT2D eigenvalue weighted by atomic mass is 19.4. The van der Waals surface area contributed by atoms with Crippen molar-refractivity contribution < 1.29 is 27.1 Å². The Morgan fingerprint density at radius 3 is 2.33 bits per heavy atom. The highest BCUT2D eigenvalue weighted by Crippen LogP contribution is 2.32. The molecule has 6 nitrogen and oxygen atoms in total. The number of hydrogen-bond acceptors (Lipinski definition) is 6. The second kappa shape index (κ2) is 5.90. The summed E-state index contributed by atoms with van der Waals surface area (Å²) in [5.41, 5.74) is 0. The largest absolute Gasteiger partial charge is 0.470 e. The normalized spacial score (nSPS) is 23.0. The Balaban J connectivity index is 1.52. The molecule has 1 aromatic heterocycles. The van der Waals surface area contributed by atoms with Gasteiger partial charge in [0.05, 0.1) is 13.2 Å². The molecule has 0 saturated carbocycles. The molecule has 0 bridgehead atoms. The van der Waals surface area contributed by atoms with E-state index in [1.54, 1.807) is 0 Å². The molecule has 3 rings (SSSR count). The number of ether oxygens (including phenoxy) is 2. The summed E-state index contributed by atoms with van der Waals surface area (Å²) in [6.45, 7) is 3.41. The van der Waals surface area contributed by atoms with Gasteiger partial charge in [0.15, 0.2) is 6.29 Å². The minimum atomic E-state index is -4.58. The van der Waals surface area contributed by atoms with Gasteiger partial charge in [0.1, 0.15) is 0 Å². The standard InChI is InChI=1S/C12H16F3N3O3/c13-12(14,15)11-17-16-10(21-11)8-1-3-18(4-2-8)7-9-19-5-6-20-9/h8-9H,1-7H2. The summed E-state index contributed by atoms with van der Waals surface area (Å²) in [5.74, 6) is -1.31. The van der Waals surface area contributed by atoms with Crippen LogP contribution in [0.25, 0.3) is 0 Å². The van der Waals surface area contributed by atoms with Crippen LogP contribution in [0.1, 0.15) is 30.5 Å². The van der Waals surface area contributed by atoms with Crippen LogP contribution in [0.3, 0.4) is 0 Å². The predicted octanol–water partition coefficient (Wildman–Crippen LogP) is 1.64. The first-order valence-electron chi connectivity index (χ1n) is 6.88. The van der Waals surface area contributed by atoms with Gasteiger partial charge in [-0.1, -0.05) is 0 Å². The summed E-state index contributed by atoms with van der Waals surface area (Å²) in [7, 11) is 0. The highest BCUT2D eigenvalue weighted by Gasteiger charge is 2.39. The van der Waals surface area contributed by atoms with Gasteiger partial charge >= 0.3 is 12.1 Å². The van der Waals surface area contributed by atoms with Gasteiger partial charge in [-0.3, -0.25) is 4.90 Å². The molecule has 118 valence electrons. The van der Waals surface area contributed by atoms with Crippen LogP contribution in [-0.4, -0.2) is 54.2 Å². The van der Waals surface area contributed by atoms with E-state index in [0.29, 0.717) is 32.6 Å². The summed E-state index contributed by atoms with van der Waals surface area (Å²) < 4.78 is 52.8. The Bertz CT molecular complexity index is 466. The van der Waals surface area contributed by atoms with E-state index < -0.39 is 12.1 Å². The van der Waals surface area contributed by atoms with E-state index in [2.05, 4.69) is 15.1 Å². The number of likely N-dealkylation sites (tertiary alicyclic amines) is 1. The van der Waals surface area contributed by atoms with Crippen LogP contribution in [-0.2, 0) is 15.7 Å². The SMILES string of the molecule is FC(F)(F)c1nnc(C2CCN(CC3OCCO3)CC2)o1. The molecule has 3 heterocycles. The fourth-order valence-electron chi connectivity index (χ4n) is 2.60. The number of piperidine rings is 1. The maximum atomic E-state index is 12.4. The van der Waals surface area contributed by atoms with Gasteiger partial charge in [0.2, 0.25) is 5.89 Å². The van der Waals surface area contributed by atoms with Crippen LogP contribution in [0.2, 0.25) is 0 Å². The molecular weight excluding hydrogens is 291 g/mol. The molecule has 0 amide bonds. The number of rotatable bonds is 3. The molecule has 0 N–H and O–H groups in total. The monoisotopic (exact) mass is 307 g/mol. The van der Waals surface area contributed by atoms with Crippen molar-refractivity contribution in [1.82, 2.24) is 15.1 Å². The van der Waals surface area contributed by atoms with Gasteiger partial charge in [0, 0.05) is 12.5 Å². The zero-order valence-electron chi connectivity index (χ0n) is 11.3. The van der Waals surface area contributed by atoms with E-state index in [1.165, 1.54) is 0 Å². The first-order chi connectivity index (χ1) is 10.0. The summed E-state index contributed by atoms with van der Waals surface area (Å²) in [6, 6.07) is 0. The van der Waals surface area contributed by atoms with E-state index >= 15 is 0 Å². The van der Waals surface area contributed by atoms with Crippen LogP contribution in [0, 0.1) is 0 Å². The zero-order chi connectivity index (χ0) is 14.9. The van der Waals surface area contributed by atoms with E-state index in [9.17, 15) is 13.2 Å². The zero-order valence-corrected chi connectivity index (χ0v) is 11.3. The van der Waals surface area contributed by atoms with Crippen LogP contribution in [0.15, 0.2) is 4.42 Å². The van der Waals surface area contributed by atoms with Gasteiger partial charge in [-0.2, -0.15) is 13.2 Å². The predicted molar refractivity (Wildman–Crippen MR) is 63.4 cm³/mol. The minimum Gasteiger partial charge on any atom is -0.417 e. The second-order valence-corrected chi connectivity index (χ2v) is 5.19. The van der Waals surface area contributed by atoms with Crippen LogP contribution >= 0.6 is 0 Å². The Labute approximate surface area is 119 Å². The molecule has 2 saturated heterocycles. The smallest absolute Gasteiger partial charge is 0.417 e. The first kappa shape index (κ1) is 14.7. The Morgan fingerprint density at radius 1 is 1.10 bits per heavy atom. The number of halogens is 3.